The Morgan fingerprint density at radius 2 is 1.89 bits per heavy atom. The fourth-order valence-electron chi connectivity index (χ4n) is 3.13. The number of pyridine rings is 1. The lowest BCUT2D eigenvalue weighted by Gasteiger charge is -2.35. The molecule has 0 saturated carbocycles. The molecule has 0 radical (unpaired) electrons. The third-order valence-electron chi connectivity index (χ3n) is 4.71. The molecule has 146 valence electrons. The van der Waals surface area contributed by atoms with Crippen LogP contribution >= 0.6 is 0 Å². The maximum Gasteiger partial charge on any atom is 0.257 e. The topological polar surface area (TPSA) is 63.5 Å². The van der Waals surface area contributed by atoms with Gasteiger partial charge in [-0.15, -0.1) is 0 Å². The molecular weight excluding hydrogens is 342 g/mol. The van der Waals surface area contributed by atoms with E-state index in [2.05, 4.69) is 35.8 Å². The van der Waals surface area contributed by atoms with Crippen LogP contribution in [0.3, 0.4) is 0 Å². The highest BCUT2D eigenvalue weighted by Gasteiger charge is 2.27. The first kappa shape index (κ1) is 19.2. The van der Waals surface area contributed by atoms with Crippen LogP contribution in [-0.4, -0.2) is 58.4 Å². The Balaban J connectivity index is 1.66. The lowest BCUT2D eigenvalue weighted by molar-refractivity contribution is 0.0745. The molecule has 1 aliphatic heterocycles. The van der Waals surface area contributed by atoms with Crippen molar-refractivity contribution in [3.8, 4) is 5.88 Å². The molecule has 1 fully saturated rings. The van der Waals surface area contributed by atoms with Crippen LogP contribution in [-0.2, 0) is 5.54 Å². The van der Waals surface area contributed by atoms with Gasteiger partial charge in [0.1, 0.15) is 5.82 Å². The summed E-state index contributed by atoms with van der Waals surface area (Å²) in [6.45, 7) is 13.5. The van der Waals surface area contributed by atoms with Gasteiger partial charge in [-0.05, 0) is 40.7 Å². The molecule has 2 aromatic rings. The average molecular weight is 371 g/mol. The average Bonchev–Trinajstić information content (AvgIpc) is 3.04. The molecule has 3 heterocycles. The molecule has 1 saturated heterocycles. The quantitative estimate of drug-likeness (QED) is 0.827. The van der Waals surface area contributed by atoms with Gasteiger partial charge in [-0.25, -0.2) is 0 Å². The third-order valence-corrected chi connectivity index (χ3v) is 4.71. The molecule has 1 aliphatic rings. The largest absolute Gasteiger partial charge is 0.478 e. The minimum Gasteiger partial charge on any atom is -0.478 e. The number of anilines is 1. The lowest BCUT2D eigenvalue weighted by Crippen LogP contribution is -2.49. The molecule has 3 rings (SSSR count). The highest BCUT2D eigenvalue weighted by Crippen LogP contribution is 2.20. The van der Waals surface area contributed by atoms with Gasteiger partial charge in [-0.3, -0.25) is 9.48 Å². The van der Waals surface area contributed by atoms with E-state index in [1.54, 1.807) is 0 Å². The number of rotatable bonds is 4. The molecule has 0 unspecified atom stereocenters. The van der Waals surface area contributed by atoms with Gasteiger partial charge in [0.2, 0.25) is 5.88 Å². The number of carbonyl (C=O) groups is 1. The third kappa shape index (κ3) is 4.23. The van der Waals surface area contributed by atoms with E-state index in [9.17, 15) is 4.79 Å². The van der Waals surface area contributed by atoms with Crippen LogP contribution in [0.4, 0.5) is 5.82 Å². The standard InChI is InChI=1S/C20H29N5O2/c1-6-27-18-9-7-8-17(21-18)23-10-12-24(13-11-23)19(26)16-14-25(20(3,4)5)22-15(16)2/h7-9,14H,6,10-13H2,1-5H3. The Labute approximate surface area is 160 Å². The monoisotopic (exact) mass is 371 g/mol. The number of hydrogen-bond donors (Lipinski definition) is 0. The fourth-order valence-corrected chi connectivity index (χ4v) is 3.13. The Morgan fingerprint density at radius 1 is 1.19 bits per heavy atom. The van der Waals surface area contributed by atoms with Crippen LogP contribution in [0.25, 0.3) is 0 Å². The van der Waals surface area contributed by atoms with Crippen molar-refractivity contribution in [1.82, 2.24) is 19.7 Å². The van der Waals surface area contributed by atoms with E-state index in [4.69, 9.17) is 4.74 Å². The van der Waals surface area contributed by atoms with Crippen LogP contribution in [0.2, 0.25) is 0 Å². The molecule has 0 N–H and O–H groups in total. The van der Waals surface area contributed by atoms with Gasteiger partial charge in [-0.1, -0.05) is 6.07 Å². The van der Waals surface area contributed by atoms with Crippen LogP contribution in [0.5, 0.6) is 5.88 Å². The van der Waals surface area contributed by atoms with E-state index in [0.29, 0.717) is 31.1 Å². The predicted octanol–water partition coefficient (Wildman–Crippen LogP) is 2.70. The summed E-state index contributed by atoms with van der Waals surface area (Å²) in [5.41, 5.74) is 1.33. The second-order valence-corrected chi connectivity index (χ2v) is 7.79. The number of hydrogen-bond acceptors (Lipinski definition) is 5. The van der Waals surface area contributed by atoms with Crippen LogP contribution < -0.4 is 9.64 Å². The lowest BCUT2D eigenvalue weighted by atomic mass is 10.1. The Hall–Kier alpha value is -2.57. The first-order valence-electron chi connectivity index (χ1n) is 9.50. The molecule has 0 aliphatic carbocycles. The van der Waals surface area contributed by atoms with Crippen LogP contribution in [0, 0.1) is 6.92 Å². The first-order chi connectivity index (χ1) is 12.8. The maximum atomic E-state index is 13.0. The number of aromatic nitrogens is 3. The fraction of sp³-hybridized carbons (Fsp3) is 0.550. The van der Waals surface area contributed by atoms with Crippen LogP contribution in [0.15, 0.2) is 24.4 Å². The van der Waals surface area contributed by atoms with E-state index in [1.165, 1.54) is 0 Å². The molecule has 1 amide bonds. The van der Waals surface area contributed by atoms with Gasteiger partial charge in [-0.2, -0.15) is 10.1 Å². The molecule has 0 atom stereocenters. The zero-order valence-corrected chi connectivity index (χ0v) is 16.9. The summed E-state index contributed by atoms with van der Waals surface area (Å²) in [7, 11) is 0. The molecule has 2 aromatic heterocycles. The summed E-state index contributed by atoms with van der Waals surface area (Å²) in [6, 6.07) is 5.80. The first-order valence-corrected chi connectivity index (χ1v) is 9.50. The van der Waals surface area contributed by atoms with E-state index < -0.39 is 0 Å². The summed E-state index contributed by atoms with van der Waals surface area (Å²) in [4.78, 5) is 21.6. The predicted molar refractivity (Wildman–Crippen MR) is 105 cm³/mol. The van der Waals surface area contributed by atoms with E-state index in [0.717, 1.165) is 24.6 Å². The SMILES string of the molecule is CCOc1cccc(N2CCN(C(=O)c3cn(C(C)(C)C)nc3C)CC2)n1. The van der Waals surface area contributed by atoms with E-state index >= 15 is 0 Å². The molecule has 27 heavy (non-hydrogen) atoms. The van der Waals surface area contributed by atoms with Gasteiger partial charge >= 0.3 is 0 Å². The zero-order chi connectivity index (χ0) is 19.6. The van der Waals surface area contributed by atoms with Crippen LogP contribution in [0.1, 0.15) is 43.7 Å². The summed E-state index contributed by atoms with van der Waals surface area (Å²) in [5, 5.41) is 4.52. The van der Waals surface area contributed by atoms with Gasteiger partial charge in [0.05, 0.1) is 23.4 Å². The van der Waals surface area contributed by atoms with Gasteiger partial charge in [0.25, 0.3) is 5.91 Å². The summed E-state index contributed by atoms with van der Waals surface area (Å²) < 4.78 is 7.36. The van der Waals surface area contributed by atoms with Gasteiger partial charge in [0, 0.05) is 38.4 Å². The Bertz CT molecular complexity index is 801. The minimum atomic E-state index is -0.140. The second-order valence-electron chi connectivity index (χ2n) is 7.79. The van der Waals surface area contributed by atoms with Gasteiger partial charge in [0.15, 0.2) is 0 Å². The van der Waals surface area contributed by atoms with E-state index in [-0.39, 0.29) is 11.4 Å². The summed E-state index contributed by atoms with van der Waals surface area (Å²) >= 11 is 0. The van der Waals surface area contributed by atoms with Crippen molar-refractivity contribution in [2.45, 2.75) is 40.2 Å². The van der Waals surface area contributed by atoms with Crippen molar-refractivity contribution in [2.24, 2.45) is 0 Å². The Kier molecular flexibility index (Phi) is 5.39. The van der Waals surface area contributed by atoms with Gasteiger partial charge < -0.3 is 14.5 Å². The number of aryl methyl sites for hydroxylation is 1. The number of piperazine rings is 1. The molecule has 0 spiro atoms. The van der Waals surface area contributed by atoms with Crippen molar-refractivity contribution in [3.05, 3.63) is 35.7 Å². The molecule has 7 heteroatoms. The highest BCUT2D eigenvalue weighted by molar-refractivity contribution is 5.95. The normalized spacial score (nSPS) is 15.1. The van der Waals surface area contributed by atoms with Crippen molar-refractivity contribution >= 4 is 11.7 Å². The number of ether oxygens (including phenoxy) is 1. The number of nitrogens with zero attached hydrogens (tertiary/aromatic N) is 5. The summed E-state index contributed by atoms with van der Waals surface area (Å²) in [5.74, 6) is 1.59. The van der Waals surface area contributed by atoms with E-state index in [1.807, 2.05) is 47.8 Å². The second kappa shape index (κ2) is 7.58. The smallest absolute Gasteiger partial charge is 0.257 e. The summed E-state index contributed by atoms with van der Waals surface area (Å²) in [6.07, 6.45) is 1.87. The van der Waals surface area contributed by atoms with Crippen molar-refractivity contribution in [3.63, 3.8) is 0 Å². The zero-order valence-electron chi connectivity index (χ0n) is 16.9. The maximum absolute atomic E-state index is 13.0. The molecular formula is C20H29N5O2. The molecule has 0 bridgehead atoms. The van der Waals surface area contributed by atoms with Crippen molar-refractivity contribution in [2.75, 3.05) is 37.7 Å². The molecule has 7 nitrogen and oxygen atoms in total. The Morgan fingerprint density at radius 3 is 2.48 bits per heavy atom. The number of carbonyl (C=O) groups excluding carboxylic acids is 1. The van der Waals surface area contributed by atoms with Crippen molar-refractivity contribution in [1.29, 1.82) is 0 Å². The van der Waals surface area contributed by atoms with Crippen molar-refractivity contribution < 1.29 is 9.53 Å². The highest BCUT2D eigenvalue weighted by atomic mass is 16.5. The number of amides is 1. The molecule has 0 aromatic carbocycles. The minimum absolute atomic E-state index is 0.0543.